The van der Waals surface area contributed by atoms with Crippen LogP contribution in [0.1, 0.15) is 29.4 Å². The SMILES string of the molecule is CO[C@H]1O[C@H]2[C@@H](OC(c3ccccc3)O[C@]2(CCc2ccccc2)c2ccc(F)cc2)[C@H](O)[C@H]1O. The molecule has 0 spiro atoms. The Morgan fingerprint density at radius 3 is 2.17 bits per heavy atom. The van der Waals surface area contributed by atoms with Crippen LogP contribution in [0, 0.1) is 5.82 Å². The summed E-state index contributed by atoms with van der Waals surface area (Å²) in [5.74, 6) is -0.370. The number of aliphatic hydroxyl groups is 2. The number of rotatable bonds is 6. The van der Waals surface area contributed by atoms with E-state index in [4.69, 9.17) is 18.9 Å². The Morgan fingerprint density at radius 2 is 1.51 bits per heavy atom. The van der Waals surface area contributed by atoms with Crippen LogP contribution in [0.2, 0.25) is 0 Å². The van der Waals surface area contributed by atoms with Crippen molar-refractivity contribution in [1.82, 2.24) is 0 Å². The summed E-state index contributed by atoms with van der Waals surface area (Å²) in [6, 6.07) is 25.5. The minimum atomic E-state index is -1.31. The van der Waals surface area contributed by atoms with Crippen LogP contribution in [0.15, 0.2) is 84.9 Å². The van der Waals surface area contributed by atoms with E-state index < -0.39 is 42.6 Å². The molecule has 184 valence electrons. The lowest BCUT2D eigenvalue weighted by molar-refractivity contribution is -0.407. The van der Waals surface area contributed by atoms with Gasteiger partial charge in [-0.3, -0.25) is 0 Å². The van der Waals surface area contributed by atoms with Crippen LogP contribution in [0.5, 0.6) is 0 Å². The zero-order valence-corrected chi connectivity index (χ0v) is 19.4. The van der Waals surface area contributed by atoms with Gasteiger partial charge in [-0.15, -0.1) is 0 Å². The first-order valence-electron chi connectivity index (χ1n) is 11.7. The van der Waals surface area contributed by atoms with Crippen molar-refractivity contribution in [3.8, 4) is 0 Å². The number of benzene rings is 3. The molecule has 7 atom stereocenters. The number of ether oxygens (including phenoxy) is 4. The average molecular weight is 481 g/mol. The summed E-state index contributed by atoms with van der Waals surface area (Å²) in [4.78, 5) is 0. The molecular weight excluding hydrogens is 451 g/mol. The molecule has 1 unspecified atom stereocenters. The number of aryl methyl sites for hydroxylation is 1. The Balaban J connectivity index is 1.62. The Hall–Kier alpha value is -2.65. The molecule has 3 aromatic rings. The summed E-state index contributed by atoms with van der Waals surface area (Å²) in [5, 5.41) is 21.7. The fraction of sp³-hybridized carbons (Fsp3) is 0.357. The zero-order valence-electron chi connectivity index (χ0n) is 19.4. The van der Waals surface area contributed by atoms with Crippen LogP contribution in [0.4, 0.5) is 4.39 Å². The van der Waals surface area contributed by atoms with E-state index in [1.54, 1.807) is 12.1 Å². The molecule has 2 aliphatic rings. The predicted molar refractivity (Wildman–Crippen MR) is 126 cm³/mol. The van der Waals surface area contributed by atoms with E-state index in [1.165, 1.54) is 19.2 Å². The second kappa shape index (κ2) is 10.1. The van der Waals surface area contributed by atoms with Gasteiger partial charge in [0.2, 0.25) is 0 Å². The number of fused-ring (bicyclic) bond motifs is 1. The van der Waals surface area contributed by atoms with E-state index in [0.717, 1.165) is 11.1 Å². The van der Waals surface area contributed by atoms with Crippen molar-refractivity contribution < 1.29 is 33.6 Å². The molecule has 2 aliphatic heterocycles. The lowest BCUT2D eigenvalue weighted by atomic mass is 9.76. The number of hydrogen-bond donors (Lipinski definition) is 2. The maximum absolute atomic E-state index is 13.9. The van der Waals surface area contributed by atoms with Gasteiger partial charge in [-0.05, 0) is 36.1 Å². The zero-order chi connectivity index (χ0) is 24.4. The number of aliphatic hydroxyl groups excluding tert-OH is 2. The first-order valence-corrected chi connectivity index (χ1v) is 11.7. The highest BCUT2D eigenvalue weighted by atomic mass is 19.1. The van der Waals surface area contributed by atoms with Crippen LogP contribution in [-0.2, 0) is 31.0 Å². The van der Waals surface area contributed by atoms with E-state index >= 15 is 0 Å². The fourth-order valence-corrected chi connectivity index (χ4v) is 5.03. The molecular formula is C28H29FO6. The molecule has 0 aliphatic carbocycles. The van der Waals surface area contributed by atoms with Gasteiger partial charge in [0.1, 0.15) is 35.8 Å². The smallest absolute Gasteiger partial charge is 0.186 e. The van der Waals surface area contributed by atoms with Crippen molar-refractivity contribution in [3.05, 3.63) is 107 Å². The van der Waals surface area contributed by atoms with Gasteiger partial charge in [-0.1, -0.05) is 72.8 Å². The topological polar surface area (TPSA) is 77.4 Å². The minimum Gasteiger partial charge on any atom is -0.387 e. The summed E-state index contributed by atoms with van der Waals surface area (Å²) in [6.45, 7) is 0. The predicted octanol–water partition coefficient (Wildman–Crippen LogP) is 3.86. The van der Waals surface area contributed by atoms with Gasteiger partial charge in [0.15, 0.2) is 12.6 Å². The normalized spacial score (nSPS) is 32.7. The fourth-order valence-electron chi connectivity index (χ4n) is 5.03. The quantitative estimate of drug-likeness (QED) is 0.558. The maximum atomic E-state index is 13.9. The van der Waals surface area contributed by atoms with E-state index in [0.29, 0.717) is 18.4 Å². The second-order valence-electron chi connectivity index (χ2n) is 8.99. The monoisotopic (exact) mass is 480 g/mol. The van der Waals surface area contributed by atoms with E-state index in [2.05, 4.69) is 0 Å². The van der Waals surface area contributed by atoms with E-state index in [-0.39, 0.29) is 5.82 Å². The van der Waals surface area contributed by atoms with Gasteiger partial charge in [-0.25, -0.2) is 4.39 Å². The number of halogens is 1. The van der Waals surface area contributed by atoms with Crippen molar-refractivity contribution in [2.45, 2.75) is 55.4 Å². The third-order valence-electron chi connectivity index (χ3n) is 6.87. The van der Waals surface area contributed by atoms with Gasteiger partial charge in [-0.2, -0.15) is 0 Å². The molecule has 0 bridgehead atoms. The van der Waals surface area contributed by atoms with Crippen LogP contribution >= 0.6 is 0 Å². The molecule has 35 heavy (non-hydrogen) atoms. The molecule has 2 saturated heterocycles. The van der Waals surface area contributed by atoms with Crippen molar-refractivity contribution in [2.75, 3.05) is 7.11 Å². The summed E-state index contributed by atoms with van der Waals surface area (Å²) in [7, 11) is 1.40. The molecule has 5 rings (SSSR count). The minimum absolute atomic E-state index is 0.370. The van der Waals surface area contributed by atoms with Crippen LogP contribution in [0.25, 0.3) is 0 Å². The highest BCUT2D eigenvalue weighted by molar-refractivity contribution is 5.29. The molecule has 2 heterocycles. The molecule has 6 nitrogen and oxygen atoms in total. The first kappa shape index (κ1) is 24.1. The summed E-state index contributed by atoms with van der Waals surface area (Å²) >= 11 is 0. The molecule has 0 aromatic heterocycles. The molecule has 0 saturated carbocycles. The highest BCUT2D eigenvalue weighted by Gasteiger charge is 2.60. The van der Waals surface area contributed by atoms with Crippen molar-refractivity contribution in [3.63, 3.8) is 0 Å². The molecule has 3 aromatic carbocycles. The Morgan fingerprint density at radius 1 is 0.857 bits per heavy atom. The van der Waals surface area contributed by atoms with Gasteiger partial charge < -0.3 is 29.2 Å². The second-order valence-corrected chi connectivity index (χ2v) is 8.99. The highest BCUT2D eigenvalue weighted by Crippen LogP contribution is 2.50. The largest absolute Gasteiger partial charge is 0.387 e. The van der Waals surface area contributed by atoms with Gasteiger partial charge in [0, 0.05) is 12.7 Å². The standard InChI is InChI=1S/C28H29FO6/c1-32-27-23(31)22(30)24-25(34-27)28(20-12-14-21(29)15-13-20,17-16-18-8-4-2-5-9-18)35-26(33-24)19-10-6-3-7-11-19/h2-15,22-27,30-31H,16-17H2,1H3/t22-,23-,24+,25+,26?,27+,28-/m1/s1. The summed E-state index contributed by atoms with van der Waals surface area (Å²) < 4.78 is 38.5. The maximum Gasteiger partial charge on any atom is 0.186 e. The molecule has 0 amide bonds. The summed E-state index contributed by atoms with van der Waals surface area (Å²) in [5.41, 5.74) is 1.40. The van der Waals surface area contributed by atoms with Gasteiger partial charge in [0.05, 0.1) is 0 Å². The first-order chi connectivity index (χ1) is 17.0. The number of hydrogen-bond acceptors (Lipinski definition) is 6. The molecule has 7 heteroatoms. The van der Waals surface area contributed by atoms with Gasteiger partial charge >= 0.3 is 0 Å². The molecule has 0 radical (unpaired) electrons. The molecule has 2 N–H and O–H groups in total. The van der Waals surface area contributed by atoms with Crippen LogP contribution < -0.4 is 0 Å². The third kappa shape index (κ3) is 4.63. The lowest BCUT2D eigenvalue weighted by Gasteiger charge is -2.55. The Kier molecular flexibility index (Phi) is 6.98. The van der Waals surface area contributed by atoms with Crippen LogP contribution in [-0.4, -0.2) is 48.0 Å². The van der Waals surface area contributed by atoms with Crippen molar-refractivity contribution in [1.29, 1.82) is 0 Å². The third-order valence-corrected chi connectivity index (χ3v) is 6.87. The van der Waals surface area contributed by atoms with Gasteiger partial charge in [0.25, 0.3) is 0 Å². The average Bonchev–Trinajstić information content (AvgIpc) is 2.91. The Labute approximate surface area is 203 Å². The number of methoxy groups -OCH3 is 1. The summed E-state index contributed by atoms with van der Waals surface area (Å²) in [6.07, 6.45) is -5.19. The van der Waals surface area contributed by atoms with E-state index in [1.807, 2.05) is 60.7 Å². The molecule has 2 fully saturated rings. The van der Waals surface area contributed by atoms with Crippen molar-refractivity contribution in [2.24, 2.45) is 0 Å². The Bertz CT molecular complexity index is 1100. The van der Waals surface area contributed by atoms with Crippen molar-refractivity contribution >= 4 is 0 Å². The lowest BCUT2D eigenvalue weighted by Crippen LogP contribution is -2.68. The van der Waals surface area contributed by atoms with Crippen LogP contribution in [0.3, 0.4) is 0 Å². The van der Waals surface area contributed by atoms with E-state index in [9.17, 15) is 14.6 Å².